The third-order valence-electron chi connectivity index (χ3n) is 0.953. The van der Waals surface area contributed by atoms with Gasteiger partial charge in [-0.25, -0.2) is 0 Å². The predicted octanol–water partition coefficient (Wildman–Crippen LogP) is 0.848. The van der Waals surface area contributed by atoms with Crippen molar-refractivity contribution in [2.24, 2.45) is 5.92 Å². The molecule has 0 atom stereocenters. The quantitative estimate of drug-likeness (QED) is 0.398. The van der Waals surface area contributed by atoms with Crippen LogP contribution in [-0.4, -0.2) is 6.29 Å². The topological polar surface area (TPSA) is 17.1 Å². The summed E-state index contributed by atoms with van der Waals surface area (Å²) in [5.74, 6) is 4.61. The van der Waals surface area contributed by atoms with Gasteiger partial charge in [0.25, 0.3) is 0 Å². The van der Waals surface area contributed by atoms with Crippen molar-refractivity contribution in [3.05, 3.63) is 0 Å². The van der Waals surface area contributed by atoms with Gasteiger partial charge in [0.05, 0.1) is 0 Å². The minimum Gasteiger partial charge on any atom is -0.303 e. The third-order valence-corrected chi connectivity index (χ3v) is 0.953. The molecule has 9 heavy (non-hydrogen) atoms. The summed E-state index contributed by atoms with van der Waals surface area (Å²) >= 11 is 0. The molecule has 0 aromatic heterocycles. The summed E-state index contributed by atoms with van der Waals surface area (Å²) in [4.78, 5) is 10.1. The molecule has 0 saturated carbocycles. The van der Waals surface area contributed by atoms with E-state index in [0.717, 1.165) is 6.29 Å². The number of hydrogen-bond acceptors (Lipinski definition) is 1. The Morgan fingerprint density at radius 3 is 2.00 bits per heavy atom. The Balaban J connectivity index is 3.60. The van der Waals surface area contributed by atoms with Crippen molar-refractivity contribution in [2.45, 2.75) is 12.8 Å². The normalized spacial score (nSPS) is 7.89. The van der Waals surface area contributed by atoms with Crippen molar-refractivity contribution < 1.29 is 4.79 Å². The van der Waals surface area contributed by atoms with Crippen molar-refractivity contribution in [1.82, 2.24) is 0 Å². The smallest absolute Gasteiger partial charge is 0.124 e. The molecule has 0 aromatic carbocycles. The Morgan fingerprint density at radius 2 is 1.78 bits per heavy atom. The van der Waals surface area contributed by atoms with Gasteiger partial charge in [0.1, 0.15) is 6.29 Å². The van der Waals surface area contributed by atoms with Crippen molar-refractivity contribution in [2.75, 3.05) is 0 Å². The van der Waals surface area contributed by atoms with Crippen LogP contribution in [0.5, 0.6) is 0 Å². The molecule has 46 valence electrons. The molecule has 0 N–H and O–H groups in total. The fourth-order valence-corrected chi connectivity index (χ4v) is 0.471. The lowest BCUT2D eigenvalue weighted by Gasteiger charge is -1.96. The Kier molecular flexibility index (Phi) is 4.27. The van der Waals surface area contributed by atoms with E-state index in [2.05, 4.69) is 11.8 Å². The second kappa shape index (κ2) is 4.94. The van der Waals surface area contributed by atoms with Gasteiger partial charge in [0.15, 0.2) is 0 Å². The molecular weight excluding hydrogens is 112 g/mol. The maximum atomic E-state index is 10.1. The highest BCUT2D eigenvalue weighted by Gasteiger charge is 2.00. The molecule has 0 rings (SSSR count). The lowest BCUT2D eigenvalue weighted by Crippen LogP contribution is -1.98. The molecule has 0 radical (unpaired) electrons. The second-order valence-corrected chi connectivity index (χ2v) is 1.71. The Labute approximate surface area is 55.5 Å². The number of rotatable bonds is 3. The van der Waals surface area contributed by atoms with E-state index in [-0.39, 0.29) is 5.92 Å². The van der Waals surface area contributed by atoms with Crippen molar-refractivity contribution in [3.8, 4) is 24.7 Å². The van der Waals surface area contributed by atoms with Crippen LogP contribution in [-0.2, 0) is 4.79 Å². The van der Waals surface area contributed by atoms with Gasteiger partial charge in [0, 0.05) is 18.8 Å². The third kappa shape index (κ3) is 3.38. The van der Waals surface area contributed by atoms with Crippen molar-refractivity contribution >= 4 is 6.29 Å². The molecule has 0 amide bonds. The Morgan fingerprint density at radius 1 is 1.33 bits per heavy atom. The highest BCUT2D eigenvalue weighted by molar-refractivity contribution is 5.54. The fourth-order valence-electron chi connectivity index (χ4n) is 0.471. The van der Waals surface area contributed by atoms with Crippen molar-refractivity contribution in [3.63, 3.8) is 0 Å². The predicted molar refractivity (Wildman–Crippen MR) is 36.5 cm³/mol. The van der Waals surface area contributed by atoms with Crippen LogP contribution >= 0.6 is 0 Å². The maximum Gasteiger partial charge on any atom is 0.124 e. The standard InChI is InChI=1S/C8H8O/c1-3-5-8(7-9)6-4-2/h1-2,7-8H,5-6H2. The van der Waals surface area contributed by atoms with Gasteiger partial charge in [0.2, 0.25) is 0 Å². The van der Waals surface area contributed by atoms with E-state index in [1.807, 2.05) is 0 Å². The summed E-state index contributed by atoms with van der Waals surface area (Å²) in [6.07, 6.45) is 11.6. The molecule has 0 saturated heterocycles. The molecule has 0 aromatic rings. The average molecular weight is 120 g/mol. The minimum absolute atomic E-state index is 0.139. The molecule has 0 aliphatic heterocycles. The molecule has 1 nitrogen and oxygen atoms in total. The van der Waals surface area contributed by atoms with Gasteiger partial charge in [-0.1, -0.05) is 0 Å². The van der Waals surface area contributed by atoms with Gasteiger partial charge in [-0.15, -0.1) is 24.7 Å². The van der Waals surface area contributed by atoms with Crippen LogP contribution in [0.15, 0.2) is 0 Å². The summed E-state index contributed by atoms with van der Waals surface area (Å²) in [6.45, 7) is 0. The van der Waals surface area contributed by atoms with Crippen LogP contribution in [0.2, 0.25) is 0 Å². The van der Waals surface area contributed by atoms with Gasteiger partial charge in [-0.05, 0) is 0 Å². The van der Waals surface area contributed by atoms with Crippen LogP contribution in [0.4, 0.5) is 0 Å². The molecule has 0 spiro atoms. The van der Waals surface area contributed by atoms with Crippen LogP contribution < -0.4 is 0 Å². The van der Waals surface area contributed by atoms with Gasteiger partial charge >= 0.3 is 0 Å². The summed E-state index contributed by atoms with van der Waals surface area (Å²) in [5, 5.41) is 0. The zero-order valence-electron chi connectivity index (χ0n) is 5.13. The fraction of sp³-hybridized carbons (Fsp3) is 0.375. The first-order valence-electron chi connectivity index (χ1n) is 2.67. The van der Waals surface area contributed by atoms with E-state index in [1.54, 1.807) is 0 Å². The number of aldehydes is 1. The summed E-state index contributed by atoms with van der Waals surface area (Å²) < 4.78 is 0. The molecule has 0 aliphatic carbocycles. The van der Waals surface area contributed by atoms with Crippen LogP contribution in [0.25, 0.3) is 0 Å². The summed E-state index contributed by atoms with van der Waals surface area (Å²) in [6, 6.07) is 0. The lowest BCUT2D eigenvalue weighted by molar-refractivity contribution is -0.110. The first-order chi connectivity index (χ1) is 4.35. The first-order valence-corrected chi connectivity index (χ1v) is 2.67. The Hall–Kier alpha value is -1.21. The van der Waals surface area contributed by atoms with Gasteiger partial charge < -0.3 is 4.79 Å². The maximum absolute atomic E-state index is 10.1. The van der Waals surface area contributed by atoms with Gasteiger partial charge in [-0.3, -0.25) is 0 Å². The zero-order chi connectivity index (χ0) is 7.11. The highest BCUT2D eigenvalue weighted by Crippen LogP contribution is 2.01. The molecule has 0 fully saturated rings. The van der Waals surface area contributed by atoms with E-state index < -0.39 is 0 Å². The van der Waals surface area contributed by atoms with E-state index in [1.165, 1.54) is 0 Å². The molecule has 1 heteroatoms. The first kappa shape index (κ1) is 7.79. The second-order valence-electron chi connectivity index (χ2n) is 1.71. The lowest BCUT2D eigenvalue weighted by atomic mass is 10.1. The van der Waals surface area contributed by atoms with E-state index in [4.69, 9.17) is 12.8 Å². The zero-order valence-corrected chi connectivity index (χ0v) is 5.13. The molecular formula is C8H8O. The molecule has 0 bridgehead atoms. The van der Waals surface area contributed by atoms with Crippen LogP contribution in [0, 0.1) is 30.6 Å². The van der Waals surface area contributed by atoms with Crippen LogP contribution in [0.3, 0.4) is 0 Å². The summed E-state index contributed by atoms with van der Waals surface area (Å²) in [5.41, 5.74) is 0. The van der Waals surface area contributed by atoms with E-state index in [0.29, 0.717) is 12.8 Å². The molecule has 0 aliphatic rings. The van der Waals surface area contributed by atoms with E-state index in [9.17, 15) is 4.79 Å². The van der Waals surface area contributed by atoms with Crippen molar-refractivity contribution in [1.29, 1.82) is 0 Å². The highest BCUT2D eigenvalue weighted by atomic mass is 16.1. The number of hydrogen-bond donors (Lipinski definition) is 0. The SMILES string of the molecule is C#CCC(C=O)CC#C. The molecule has 0 heterocycles. The number of carbonyl (C=O) groups excluding carboxylic acids is 1. The average Bonchev–Trinajstić information content (AvgIpc) is 1.88. The van der Waals surface area contributed by atoms with E-state index >= 15 is 0 Å². The summed E-state index contributed by atoms with van der Waals surface area (Å²) in [7, 11) is 0. The Bertz CT molecular complexity index is 140. The minimum atomic E-state index is -0.139. The van der Waals surface area contributed by atoms with Gasteiger partial charge in [-0.2, -0.15) is 0 Å². The number of carbonyl (C=O) groups is 1. The monoisotopic (exact) mass is 120 g/mol. The molecule has 0 unspecified atom stereocenters. The largest absolute Gasteiger partial charge is 0.303 e. The number of terminal acetylenes is 2. The van der Waals surface area contributed by atoms with Crippen LogP contribution in [0.1, 0.15) is 12.8 Å².